The summed E-state index contributed by atoms with van der Waals surface area (Å²) in [6.07, 6.45) is 1.69. The van der Waals surface area contributed by atoms with Gasteiger partial charge in [0.25, 0.3) is 5.91 Å². The quantitative estimate of drug-likeness (QED) is 0.718. The standard InChI is InChI=1S/C20H20N2O5S/c1-14-8-9-16(28(2,25)26)12-17(14)20(24)27-13-19(23)22-11-10-18(21-22)15-6-4-3-5-7-15/h3-9,12H,10-11,13H2,1-2H3. The Hall–Kier alpha value is -3.00. The Balaban J connectivity index is 1.65. The summed E-state index contributed by atoms with van der Waals surface area (Å²) in [5.74, 6) is -1.18. The molecule has 0 spiro atoms. The number of esters is 1. The summed E-state index contributed by atoms with van der Waals surface area (Å²) in [6, 6.07) is 13.8. The first-order valence-electron chi connectivity index (χ1n) is 8.67. The number of hydrogen-bond donors (Lipinski definition) is 0. The van der Waals surface area contributed by atoms with Gasteiger partial charge in [0.2, 0.25) is 0 Å². The molecule has 0 bridgehead atoms. The molecule has 2 aromatic carbocycles. The molecule has 0 atom stereocenters. The summed E-state index contributed by atoms with van der Waals surface area (Å²) >= 11 is 0. The lowest BCUT2D eigenvalue weighted by molar-refractivity contribution is -0.134. The molecular formula is C20H20N2O5S. The third-order valence-corrected chi connectivity index (χ3v) is 5.49. The summed E-state index contributed by atoms with van der Waals surface area (Å²) in [4.78, 5) is 24.7. The Morgan fingerprint density at radius 3 is 2.54 bits per heavy atom. The van der Waals surface area contributed by atoms with E-state index in [4.69, 9.17) is 4.74 Å². The Morgan fingerprint density at radius 1 is 1.14 bits per heavy atom. The fourth-order valence-corrected chi connectivity index (χ4v) is 3.45. The minimum atomic E-state index is -3.45. The van der Waals surface area contributed by atoms with Gasteiger partial charge < -0.3 is 4.74 Å². The van der Waals surface area contributed by atoms with E-state index in [1.54, 1.807) is 6.92 Å². The van der Waals surface area contributed by atoms with Crippen LogP contribution < -0.4 is 0 Å². The van der Waals surface area contributed by atoms with Crippen molar-refractivity contribution in [2.45, 2.75) is 18.2 Å². The van der Waals surface area contributed by atoms with Crippen molar-refractivity contribution in [2.24, 2.45) is 5.10 Å². The van der Waals surface area contributed by atoms with Crippen molar-refractivity contribution in [2.75, 3.05) is 19.4 Å². The number of hydrogen-bond acceptors (Lipinski definition) is 6. The number of sulfone groups is 1. The molecule has 1 aliphatic rings. The summed E-state index contributed by atoms with van der Waals surface area (Å²) < 4.78 is 28.5. The third-order valence-electron chi connectivity index (χ3n) is 4.38. The van der Waals surface area contributed by atoms with Crippen molar-refractivity contribution in [1.29, 1.82) is 0 Å². The number of benzene rings is 2. The van der Waals surface area contributed by atoms with Gasteiger partial charge in [-0.25, -0.2) is 18.2 Å². The molecule has 1 heterocycles. The molecule has 0 aromatic heterocycles. The first-order chi connectivity index (χ1) is 13.3. The maximum atomic E-state index is 12.3. The molecule has 0 saturated carbocycles. The van der Waals surface area contributed by atoms with Crippen LogP contribution in [0.1, 0.15) is 27.9 Å². The van der Waals surface area contributed by atoms with Crippen LogP contribution in [0, 0.1) is 6.92 Å². The molecule has 0 radical (unpaired) electrons. The molecule has 28 heavy (non-hydrogen) atoms. The largest absolute Gasteiger partial charge is 0.452 e. The molecule has 146 valence electrons. The smallest absolute Gasteiger partial charge is 0.338 e. The van der Waals surface area contributed by atoms with E-state index < -0.39 is 28.3 Å². The van der Waals surface area contributed by atoms with E-state index in [1.165, 1.54) is 23.2 Å². The highest BCUT2D eigenvalue weighted by Gasteiger charge is 2.23. The number of ether oxygens (including phenoxy) is 1. The second-order valence-electron chi connectivity index (χ2n) is 6.50. The number of hydrazone groups is 1. The molecular weight excluding hydrogens is 380 g/mol. The maximum Gasteiger partial charge on any atom is 0.338 e. The number of aryl methyl sites for hydroxylation is 1. The predicted octanol–water partition coefficient (Wildman–Crippen LogP) is 2.19. The van der Waals surface area contributed by atoms with Crippen LogP contribution in [0.2, 0.25) is 0 Å². The van der Waals surface area contributed by atoms with Crippen molar-refractivity contribution in [3.63, 3.8) is 0 Å². The van der Waals surface area contributed by atoms with Crippen LogP contribution in [-0.2, 0) is 19.4 Å². The highest BCUT2D eigenvalue weighted by atomic mass is 32.2. The predicted molar refractivity (Wildman–Crippen MR) is 104 cm³/mol. The SMILES string of the molecule is Cc1ccc(S(C)(=O)=O)cc1C(=O)OCC(=O)N1CCC(c2ccccc2)=N1. The Kier molecular flexibility index (Phi) is 5.60. The van der Waals surface area contributed by atoms with Gasteiger partial charge >= 0.3 is 5.97 Å². The Bertz CT molecular complexity index is 1050. The average Bonchev–Trinajstić information content (AvgIpc) is 3.16. The van der Waals surface area contributed by atoms with Crippen LogP contribution in [0.5, 0.6) is 0 Å². The van der Waals surface area contributed by atoms with E-state index in [-0.39, 0.29) is 10.5 Å². The molecule has 0 fully saturated rings. The highest BCUT2D eigenvalue weighted by Crippen LogP contribution is 2.17. The zero-order valence-electron chi connectivity index (χ0n) is 15.6. The van der Waals surface area contributed by atoms with Crippen LogP contribution in [-0.4, -0.2) is 50.4 Å². The van der Waals surface area contributed by atoms with E-state index in [1.807, 2.05) is 30.3 Å². The van der Waals surface area contributed by atoms with Gasteiger partial charge in [-0.1, -0.05) is 36.4 Å². The van der Waals surface area contributed by atoms with Gasteiger partial charge in [0.05, 0.1) is 22.7 Å². The number of carbonyl (C=O) groups is 2. The molecule has 1 amide bonds. The molecule has 0 aliphatic carbocycles. The molecule has 8 heteroatoms. The van der Waals surface area contributed by atoms with Crippen LogP contribution >= 0.6 is 0 Å². The van der Waals surface area contributed by atoms with Crippen molar-refractivity contribution in [1.82, 2.24) is 5.01 Å². The molecule has 0 unspecified atom stereocenters. The van der Waals surface area contributed by atoms with Crippen molar-refractivity contribution < 1.29 is 22.7 Å². The number of carbonyl (C=O) groups excluding carboxylic acids is 2. The monoisotopic (exact) mass is 400 g/mol. The van der Waals surface area contributed by atoms with Crippen LogP contribution in [0.4, 0.5) is 0 Å². The molecule has 1 aliphatic heterocycles. The van der Waals surface area contributed by atoms with Crippen LogP contribution in [0.25, 0.3) is 0 Å². The third kappa shape index (κ3) is 4.45. The lowest BCUT2D eigenvalue weighted by Crippen LogP contribution is -2.29. The average molecular weight is 400 g/mol. The Morgan fingerprint density at radius 2 is 1.86 bits per heavy atom. The summed E-state index contributed by atoms with van der Waals surface area (Å²) in [5, 5.41) is 5.59. The summed E-state index contributed by atoms with van der Waals surface area (Å²) in [6.45, 7) is 1.62. The van der Waals surface area contributed by atoms with Gasteiger partial charge in [0, 0.05) is 12.7 Å². The topological polar surface area (TPSA) is 93.1 Å². The van der Waals surface area contributed by atoms with E-state index in [0.717, 1.165) is 17.5 Å². The summed E-state index contributed by atoms with van der Waals surface area (Å²) in [7, 11) is -3.45. The van der Waals surface area contributed by atoms with Crippen molar-refractivity contribution in [3.8, 4) is 0 Å². The second-order valence-corrected chi connectivity index (χ2v) is 8.52. The van der Waals surface area contributed by atoms with E-state index in [2.05, 4.69) is 5.10 Å². The fraction of sp³-hybridized carbons (Fsp3) is 0.250. The minimum Gasteiger partial charge on any atom is -0.452 e. The lowest BCUT2D eigenvalue weighted by Gasteiger charge is -2.12. The molecule has 0 N–H and O–H groups in total. The van der Waals surface area contributed by atoms with E-state index in [9.17, 15) is 18.0 Å². The van der Waals surface area contributed by atoms with E-state index in [0.29, 0.717) is 18.5 Å². The maximum absolute atomic E-state index is 12.3. The molecule has 3 rings (SSSR count). The molecule has 7 nitrogen and oxygen atoms in total. The number of amides is 1. The lowest BCUT2D eigenvalue weighted by atomic mass is 10.1. The number of rotatable bonds is 5. The summed E-state index contributed by atoms with van der Waals surface area (Å²) in [5.41, 5.74) is 2.43. The van der Waals surface area contributed by atoms with Gasteiger partial charge in [-0.15, -0.1) is 0 Å². The van der Waals surface area contributed by atoms with Crippen molar-refractivity contribution >= 4 is 27.4 Å². The minimum absolute atomic E-state index is 0.0213. The van der Waals surface area contributed by atoms with Crippen LogP contribution in [0.3, 0.4) is 0 Å². The second kappa shape index (κ2) is 7.93. The van der Waals surface area contributed by atoms with E-state index >= 15 is 0 Å². The zero-order valence-corrected chi connectivity index (χ0v) is 16.4. The van der Waals surface area contributed by atoms with Gasteiger partial charge in [0.15, 0.2) is 16.4 Å². The van der Waals surface area contributed by atoms with Gasteiger partial charge in [-0.05, 0) is 30.2 Å². The Labute approximate surface area is 163 Å². The van der Waals surface area contributed by atoms with Gasteiger partial charge in [0.1, 0.15) is 0 Å². The van der Waals surface area contributed by atoms with Gasteiger partial charge in [-0.2, -0.15) is 5.10 Å². The van der Waals surface area contributed by atoms with Crippen molar-refractivity contribution in [3.05, 3.63) is 65.2 Å². The first kappa shape index (κ1) is 19.8. The normalized spacial score (nSPS) is 13.9. The number of nitrogens with zero attached hydrogens (tertiary/aromatic N) is 2. The zero-order chi connectivity index (χ0) is 20.3. The first-order valence-corrected chi connectivity index (χ1v) is 10.6. The van der Waals surface area contributed by atoms with Gasteiger partial charge in [-0.3, -0.25) is 4.79 Å². The fourth-order valence-electron chi connectivity index (χ4n) is 2.80. The highest BCUT2D eigenvalue weighted by molar-refractivity contribution is 7.90. The van der Waals surface area contributed by atoms with Crippen LogP contribution in [0.15, 0.2) is 58.5 Å². The molecule has 0 saturated heterocycles. The molecule has 2 aromatic rings.